The SMILES string of the molecule is Cc1c(-c2cccc(P(=O)(O)O)c2)ccc([C@@H]2[C@@H](CC[C@H](O[Si](C)(C)C(C)(C)C)c3ccc(F)cc3)C(=O)N2c2ccccc2)c1C. The maximum atomic E-state index is 14.0. The summed E-state index contributed by atoms with van der Waals surface area (Å²) >= 11 is 0. The molecule has 3 atom stereocenters. The highest BCUT2D eigenvalue weighted by molar-refractivity contribution is 7.60. The molecule has 1 aliphatic heterocycles. The fourth-order valence-corrected chi connectivity index (χ4v) is 8.13. The summed E-state index contributed by atoms with van der Waals surface area (Å²) in [7, 11) is -6.61. The van der Waals surface area contributed by atoms with Gasteiger partial charge in [-0.05, 0) is 115 Å². The number of benzene rings is 4. The van der Waals surface area contributed by atoms with Crippen LogP contribution in [0.2, 0.25) is 18.1 Å². The minimum Gasteiger partial charge on any atom is -0.410 e. The molecule has 0 spiro atoms. The highest BCUT2D eigenvalue weighted by atomic mass is 31.2. The molecule has 248 valence electrons. The van der Waals surface area contributed by atoms with E-state index >= 15 is 0 Å². The van der Waals surface area contributed by atoms with E-state index < -0.39 is 15.9 Å². The molecule has 5 rings (SSSR count). The zero-order valence-corrected chi connectivity index (χ0v) is 30.1. The number of amides is 1. The normalized spacial score (nSPS) is 17.8. The summed E-state index contributed by atoms with van der Waals surface area (Å²) in [6.07, 6.45) is 0.926. The highest BCUT2D eigenvalue weighted by Gasteiger charge is 2.49. The van der Waals surface area contributed by atoms with Crippen LogP contribution >= 0.6 is 7.60 Å². The van der Waals surface area contributed by atoms with E-state index in [1.807, 2.05) is 67.3 Å². The summed E-state index contributed by atoms with van der Waals surface area (Å²) in [6.45, 7) is 15.1. The largest absolute Gasteiger partial charge is 0.410 e. The van der Waals surface area contributed by atoms with Crippen molar-refractivity contribution in [3.8, 4) is 11.1 Å². The average Bonchev–Trinajstić information content (AvgIpc) is 3.01. The van der Waals surface area contributed by atoms with Gasteiger partial charge in [0.1, 0.15) is 5.82 Å². The van der Waals surface area contributed by atoms with Crippen LogP contribution in [-0.4, -0.2) is 24.0 Å². The van der Waals surface area contributed by atoms with Crippen LogP contribution in [0.3, 0.4) is 0 Å². The monoisotopic (exact) mass is 673 g/mol. The summed E-state index contributed by atoms with van der Waals surface area (Å²) in [6, 6.07) is 26.5. The number of para-hydroxylation sites is 1. The zero-order chi connectivity index (χ0) is 34.3. The second-order valence-electron chi connectivity index (χ2n) is 14.1. The molecule has 9 heteroatoms. The summed E-state index contributed by atoms with van der Waals surface area (Å²) in [4.78, 5) is 35.4. The van der Waals surface area contributed by atoms with E-state index in [9.17, 15) is 23.5 Å². The van der Waals surface area contributed by atoms with E-state index in [4.69, 9.17) is 4.43 Å². The number of hydrogen-bond acceptors (Lipinski definition) is 3. The number of carbonyl (C=O) groups excluding carboxylic acids is 1. The van der Waals surface area contributed by atoms with Crippen molar-refractivity contribution in [1.82, 2.24) is 0 Å². The molecule has 2 N–H and O–H groups in total. The quantitative estimate of drug-likeness (QED) is 0.0996. The molecule has 0 aliphatic carbocycles. The van der Waals surface area contributed by atoms with Crippen LogP contribution in [0.15, 0.2) is 91.0 Å². The summed E-state index contributed by atoms with van der Waals surface area (Å²) in [5.74, 6) is -0.528. The Hall–Kier alpha value is -3.39. The Morgan fingerprint density at radius 2 is 1.57 bits per heavy atom. The maximum Gasteiger partial charge on any atom is 0.356 e. The van der Waals surface area contributed by atoms with Gasteiger partial charge < -0.3 is 19.1 Å². The maximum absolute atomic E-state index is 14.0. The Morgan fingerprint density at radius 3 is 2.19 bits per heavy atom. The van der Waals surface area contributed by atoms with Crippen molar-refractivity contribution in [3.05, 3.63) is 119 Å². The van der Waals surface area contributed by atoms with Crippen LogP contribution in [0.5, 0.6) is 0 Å². The fraction of sp³-hybridized carbons (Fsp3) is 0.342. The third kappa shape index (κ3) is 7.23. The van der Waals surface area contributed by atoms with Crippen LogP contribution in [0.4, 0.5) is 10.1 Å². The Bertz CT molecular complexity index is 1800. The van der Waals surface area contributed by atoms with Crippen molar-refractivity contribution >= 4 is 32.8 Å². The number of nitrogens with zero attached hydrogens (tertiary/aromatic N) is 1. The van der Waals surface area contributed by atoms with E-state index in [1.54, 1.807) is 24.3 Å². The minimum absolute atomic E-state index is 0.0216. The first-order chi connectivity index (χ1) is 22.0. The first-order valence-corrected chi connectivity index (χ1v) is 20.6. The lowest BCUT2D eigenvalue weighted by Crippen LogP contribution is -2.55. The predicted octanol–water partition coefficient (Wildman–Crippen LogP) is 9.16. The van der Waals surface area contributed by atoms with Crippen molar-refractivity contribution in [2.45, 2.75) is 77.7 Å². The van der Waals surface area contributed by atoms with Crippen molar-refractivity contribution in [1.29, 1.82) is 0 Å². The number of hydrogen-bond donors (Lipinski definition) is 2. The first-order valence-electron chi connectivity index (χ1n) is 16.1. The minimum atomic E-state index is -4.40. The van der Waals surface area contributed by atoms with Gasteiger partial charge in [-0.15, -0.1) is 0 Å². The molecule has 0 unspecified atom stereocenters. The lowest BCUT2D eigenvalue weighted by molar-refractivity contribution is -0.131. The first kappa shape index (κ1) is 34.9. The molecule has 47 heavy (non-hydrogen) atoms. The third-order valence-electron chi connectivity index (χ3n) is 10.1. The molecule has 1 heterocycles. The molecule has 1 aliphatic rings. The number of β-lactam (4-membered cyclic amide) rings is 1. The lowest BCUT2D eigenvalue weighted by atomic mass is 9.76. The van der Waals surface area contributed by atoms with Gasteiger partial charge in [0, 0.05) is 5.69 Å². The van der Waals surface area contributed by atoms with Crippen LogP contribution in [0.25, 0.3) is 11.1 Å². The smallest absolute Gasteiger partial charge is 0.356 e. The Kier molecular flexibility index (Phi) is 9.85. The van der Waals surface area contributed by atoms with E-state index in [0.717, 1.165) is 39.1 Å². The second kappa shape index (κ2) is 13.3. The zero-order valence-electron chi connectivity index (χ0n) is 28.2. The Morgan fingerprint density at radius 1 is 0.915 bits per heavy atom. The number of halogens is 1. The van der Waals surface area contributed by atoms with Gasteiger partial charge in [-0.2, -0.15) is 0 Å². The van der Waals surface area contributed by atoms with Crippen LogP contribution in [0, 0.1) is 25.6 Å². The molecule has 0 bridgehead atoms. The van der Waals surface area contributed by atoms with Gasteiger partial charge in [0.15, 0.2) is 8.32 Å². The third-order valence-corrected chi connectivity index (χ3v) is 15.6. The van der Waals surface area contributed by atoms with Crippen LogP contribution in [-0.2, 0) is 13.8 Å². The van der Waals surface area contributed by atoms with E-state index in [-0.39, 0.29) is 40.1 Å². The topological polar surface area (TPSA) is 87.1 Å². The van der Waals surface area contributed by atoms with Gasteiger partial charge in [-0.25, -0.2) is 4.39 Å². The van der Waals surface area contributed by atoms with Gasteiger partial charge in [-0.3, -0.25) is 9.36 Å². The molecule has 1 amide bonds. The van der Waals surface area contributed by atoms with Crippen molar-refractivity contribution < 1.29 is 28.0 Å². The molecule has 4 aromatic carbocycles. The molecular formula is C38H45FNO5PSi. The second-order valence-corrected chi connectivity index (χ2v) is 20.5. The van der Waals surface area contributed by atoms with E-state index in [1.165, 1.54) is 18.2 Å². The number of rotatable bonds is 10. The molecule has 0 aromatic heterocycles. The van der Waals surface area contributed by atoms with E-state index in [2.05, 4.69) is 33.9 Å². The van der Waals surface area contributed by atoms with Gasteiger partial charge in [0.05, 0.1) is 23.4 Å². The van der Waals surface area contributed by atoms with Crippen LogP contribution < -0.4 is 10.2 Å². The van der Waals surface area contributed by atoms with Crippen molar-refractivity contribution in [3.63, 3.8) is 0 Å². The van der Waals surface area contributed by atoms with Crippen LogP contribution in [0.1, 0.15) is 68.0 Å². The predicted molar refractivity (Wildman–Crippen MR) is 190 cm³/mol. The Labute approximate surface area is 278 Å². The molecule has 0 radical (unpaired) electrons. The van der Waals surface area contributed by atoms with E-state index in [0.29, 0.717) is 12.8 Å². The number of carbonyl (C=O) groups is 1. The van der Waals surface area contributed by atoms with Crippen molar-refractivity contribution in [2.75, 3.05) is 4.90 Å². The van der Waals surface area contributed by atoms with Gasteiger partial charge in [0.25, 0.3) is 0 Å². The fourth-order valence-electron chi connectivity index (χ4n) is 6.23. The molecule has 1 saturated heterocycles. The molecule has 6 nitrogen and oxygen atoms in total. The van der Waals surface area contributed by atoms with Crippen molar-refractivity contribution in [2.24, 2.45) is 5.92 Å². The van der Waals surface area contributed by atoms with Gasteiger partial charge in [0.2, 0.25) is 5.91 Å². The summed E-state index contributed by atoms with van der Waals surface area (Å²) < 4.78 is 32.8. The molecule has 1 fully saturated rings. The molecular weight excluding hydrogens is 628 g/mol. The lowest BCUT2D eigenvalue weighted by Gasteiger charge is -2.49. The highest BCUT2D eigenvalue weighted by Crippen LogP contribution is 2.49. The number of anilines is 1. The standard InChI is InChI=1S/C38H45FNO5PSi/c1-25-26(2)33(21-20-32(25)28-12-11-15-31(24-28)46(42,43)44)36-34(37(41)40(36)30-13-9-8-10-14-30)22-23-35(27-16-18-29(39)19-17-27)45-47(6,7)38(3,4)5/h8-21,24,34-36H,22-23H2,1-7H3,(H2,42,43,44)/t34-,35+,36-/m1/s1. The molecule has 0 saturated carbocycles. The molecule has 4 aromatic rings. The Balaban J connectivity index is 1.50. The average molecular weight is 674 g/mol. The summed E-state index contributed by atoms with van der Waals surface area (Å²) in [5.41, 5.74) is 6.41. The van der Waals surface area contributed by atoms with Gasteiger partial charge >= 0.3 is 7.60 Å². The summed E-state index contributed by atoms with van der Waals surface area (Å²) in [5, 5.41) is -0.0440. The van der Waals surface area contributed by atoms with Gasteiger partial charge in [-0.1, -0.05) is 75.4 Å².